The van der Waals surface area contributed by atoms with Crippen molar-refractivity contribution in [2.75, 3.05) is 22.9 Å². The number of likely N-dealkylation sites (N-methyl/N-ethyl adjacent to an activating group) is 2. The molecule has 6 heteroatoms. The van der Waals surface area contributed by atoms with E-state index in [1.54, 1.807) is 0 Å². The molecular weight excluding hydrogens is 661 g/mol. The average molecular weight is 715 g/mol. The molecule has 0 saturated carbocycles. The average Bonchev–Trinajstić information content (AvgIpc) is 3.60. The van der Waals surface area contributed by atoms with Gasteiger partial charge < -0.3 is 9.80 Å². The van der Waals surface area contributed by atoms with Crippen LogP contribution in [0.15, 0.2) is 144 Å². The third-order valence-electron chi connectivity index (χ3n) is 11.7. The van der Waals surface area contributed by atoms with Crippen LogP contribution in [0.5, 0.6) is 0 Å². The molecule has 4 unspecified atom stereocenters. The van der Waals surface area contributed by atoms with Crippen LogP contribution >= 0.6 is 0 Å². The van der Waals surface area contributed by atoms with E-state index in [1.165, 1.54) is 33.6 Å². The number of para-hydroxylation sites is 4. The van der Waals surface area contributed by atoms with Gasteiger partial charge in [-0.05, 0) is 71.3 Å². The quantitative estimate of drug-likeness (QED) is 0.0733. The summed E-state index contributed by atoms with van der Waals surface area (Å²) < 4.78 is 3.95. The van der Waals surface area contributed by atoms with Crippen molar-refractivity contribution in [2.45, 2.75) is 77.3 Å². The lowest BCUT2D eigenvalue weighted by atomic mass is 9.73. The lowest BCUT2D eigenvalue weighted by molar-refractivity contribution is -0.440. The van der Waals surface area contributed by atoms with Gasteiger partial charge in [0.25, 0.3) is 0 Å². The van der Waals surface area contributed by atoms with Crippen LogP contribution in [0.4, 0.5) is 22.7 Å². The molecule has 0 fully saturated rings. The summed E-state index contributed by atoms with van der Waals surface area (Å²) in [5.74, 6) is 0. The van der Waals surface area contributed by atoms with E-state index in [4.69, 9.17) is 10.2 Å². The molecule has 0 aromatic heterocycles. The van der Waals surface area contributed by atoms with Crippen molar-refractivity contribution in [2.24, 2.45) is 10.2 Å². The van der Waals surface area contributed by atoms with Crippen LogP contribution in [0.3, 0.4) is 0 Å². The van der Waals surface area contributed by atoms with Crippen LogP contribution in [0, 0.1) is 0 Å². The lowest BCUT2D eigenvalue weighted by Crippen LogP contribution is -2.46. The maximum absolute atomic E-state index is 5.07. The van der Waals surface area contributed by atoms with E-state index in [-0.39, 0.29) is 22.9 Å². The summed E-state index contributed by atoms with van der Waals surface area (Å²) >= 11 is 0. The molecule has 0 amide bonds. The van der Waals surface area contributed by atoms with Crippen LogP contribution in [-0.2, 0) is 23.7 Å². The SMILES string of the molecule is CC=[N+](N=CC1N(CC)c2ccccc2C1(C)Cc1ccc(CC2(C)c3ccccc3N(CC)C2C=N/[N+](=C\C)c2ccccc2)cc1)c1ccccc1. The largest absolute Gasteiger partial charge is 0.362 e. The Balaban J connectivity index is 1.18. The number of rotatable bonds is 12. The molecule has 0 bridgehead atoms. The first kappa shape index (κ1) is 36.7. The molecule has 0 N–H and O–H groups in total. The van der Waals surface area contributed by atoms with Crippen LogP contribution in [0.25, 0.3) is 0 Å². The van der Waals surface area contributed by atoms with E-state index < -0.39 is 0 Å². The van der Waals surface area contributed by atoms with Crippen molar-refractivity contribution in [3.05, 3.63) is 156 Å². The number of benzene rings is 5. The summed E-state index contributed by atoms with van der Waals surface area (Å²) in [4.78, 5) is 5.03. The highest BCUT2D eigenvalue weighted by molar-refractivity contribution is 5.82. The van der Waals surface area contributed by atoms with Gasteiger partial charge >= 0.3 is 0 Å². The van der Waals surface area contributed by atoms with Crippen molar-refractivity contribution in [3.63, 3.8) is 0 Å². The minimum Gasteiger partial charge on any atom is -0.362 e. The predicted molar refractivity (Wildman–Crippen MR) is 228 cm³/mol. The van der Waals surface area contributed by atoms with Gasteiger partial charge in [-0.2, -0.15) is 0 Å². The molecule has 0 aliphatic carbocycles. The van der Waals surface area contributed by atoms with Crippen LogP contribution in [0.2, 0.25) is 0 Å². The summed E-state index contributed by atoms with van der Waals surface area (Å²) in [5.41, 5.74) is 9.78. The summed E-state index contributed by atoms with van der Waals surface area (Å²) in [6.07, 6.45) is 10.2. The first-order valence-corrected chi connectivity index (χ1v) is 19.5. The summed E-state index contributed by atoms with van der Waals surface area (Å²) in [7, 11) is 0. The monoisotopic (exact) mass is 714 g/mol. The second-order valence-electron chi connectivity index (χ2n) is 14.9. The lowest BCUT2D eigenvalue weighted by Gasteiger charge is -2.34. The Bertz CT molecular complexity index is 2010. The number of hydrogen-bond acceptors (Lipinski definition) is 4. The van der Waals surface area contributed by atoms with Crippen molar-refractivity contribution < 1.29 is 9.37 Å². The molecule has 7 rings (SSSR count). The predicted octanol–water partition coefficient (Wildman–Crippen LogP) is 9.95. The van der Waals surface area contributed by atoms with Gasteiger partial charge in [-0.1, -0.05) is 120 Å². The molecule has 2 aliphatic heterocycles. The Hall–Kier alpha value is -5.62. The molecule has 274 valence electrons. The Morgan fingerprint density at radius 1 is 0.519 bits per heavy atom. The van der Waals surface area contributed by atoms with E-state index in [9.17, 15) is 0 Å². The highest BCUT2D eigenvalue weighted by Gasteiger charge is 2.48. The van der Waals surface area contributed by atoms with Crippen LogP contribution < -0.4 is 9.80 Å². The first-order valence-electron chi connectivity index (χ1n) is 19.5. The molecule has 6 nitrogen and oxygen atoms in total. The number of hydrogen-bond donors (Lipinski definition) is 0. The highest BCUT2D eigenvalue weighted by Crippen LogP contribution is 2.48. The van der Waals surface area contributed by atoms with Gasteiger partial charge in [0.05, 0.1) is 24.5 Å². The topological polar surface area (TPSA) is 37.2 Å². The van der Waals surface area contributed by atoms with Crippen molar-refractivity contribution in [1.82, 2.24) is 0 Å². The van der Waals surface area contributed by atoms with Crippen LogP contribution in [-0.4, -0.2) is 59.4 Å². The molecular formula is C48H54N6+2. The molecule has 4 atom stereocenters. The zero-order chi connectivity index (χ0) is 37.7. The van der Waals surface area contributed by atoms with Gasteiger partial charge in [-0.15, -0.1) is 0 Å². The minimum atomic E-state index is -0.172. The van der Waals surface area contributed by atoms with Gasteiger partial charge in [0.2, 0.25) is 11.4 Å². The number of anilines is 2. The summed E-state index contributed by atoms with van der Waals surface area (Å²) in [6.45, 7) is 15.2. The van der Waals surface area contributed by atoms with Crippen molar-refractivity contribution >= 4 is 47.6 Å². The first-order chi connectivity index (χ1) is 26.3. The molecule has 0 saturated heterocycles. The molecule has 5 aromatic rings. The molecule has 2 aliphatic rings. The Morgan fingerprint density at radius 2 is 0.870 bits per heavy atom. The smallest absolute Gasteiger partial charge is 0.237 e. The van der Waals surface area contributed by atoms with Gasteiger partial charge in [-0.3, -0.25) is 0 Å². The fourth-order valence-corrected chi connectivity index (χ4v) is 8.96. The molecule has 0 radical (unpaired) electrons. The summed E-state index contributed by atoms with van der Waals surface area (Å²) in [6, 6.07) is 48.2. The van der Waals surface area contributed by atoms with Crippen molar-refractivity contribution in [1.29, 1.82) is 0 Å². The number of nitrogens with zero attached hydrogens (tertiary/aromatic N) is 6. The fraction of sp³-hybridized carbons (Fsp3) is 0.292. The summed E-state index contributed by atoms with van der Waals surface area (Å²) in [5, 5.41) is 10.1. The molecule has 5 aromatic carbocycles. The number of fused-ring (bicyclic) bond motifs is 2. The van der Waals surface area contributed by atoms with Gasteiger partial charge in [0.15, 0.2) is 12.4 Å². The normalized spacial score (nSPS) is 22.7. The third-order valence-corrected chi connectivity index (χ3v) is 11.7. The van der Waals surface area contributed by atoms with Crippen LogP contribution in [0.1, 0.15) is 63.8 Å². The zero-order valence-corrected chi connectivity index (χ0v) is 32.7. The second kappa shape index (κ2) is 15.8. The molecule has 0 spiro atoms. The Morgan fingerprint density at radius 3 is 1.22 bits per heavy atom. The Kier molecular flexibility index (Phi) is 10.7. The number of hydrazone groups is 2. The van der Waals surface area contributed by atoms with Gasteiger partial charge in [-0.25, -0.2) is 0 Å². The second-order valence-corrected chi connectivity index (χ2v) is 14.9. The highest BCUT2D eigenvalue weighted by atomic mass is 15.4. The van der Waals surface area contributed by atoms with E-state index in [2.05, 4.69) is 171 Å². The van der Waals surface area contributed by atoms with E-state index in [0.29, 0.717) is 0 Å². The van der Waals surface area contributed by atoms with E-state index in [1.807, 2.05) is 47.8 Å². The molecule has 2 heterocycles. The fourth-order valence-electron chi connectivity index (χ4n) is 8.96. The minimum absolute atomic E-state index is 0.0931. The van der Waals surface area contributed by atoms with E-state index >= 15 is 0 Å². The maximum atomic E-state index is 5.07. The molecule has 54 heavy (non-hydrogen) atoms. The maximum Gasteiger partial charge on any atom is 0.237 e. The standard InChI is InChI=1S/C48H54N6/c1-7-51-43-27-19-17-25-41(43)47(5,45(51)35-49-53(9-3)39-21-13-11-14-22-39)33-37-29-31-38(32-30-37)34-48(6)42-26-18-20-28-44(42)52(8-2)46(48)36-50-54(10-4)40-23-15-12-16-24-40/h9-32,35-36,45-46H,7-8,33-34H2,1-6H3/q+2/b49-35?,50-36?,53-9-,54-10?. The van der Waals surface area contributed by atoms with Crippen molar-refractivity contribution in [3.8, 4) is 0 Å². The Labute approximate surface area is 322 Å². The van der Waals surface area contributed by atoms with Gasteiger partial charge in [0, 0.05) is 73.4 Å². The third kappa shape index (κ3) is 6.82. The van der Waals surface area contributed by atoms with Gasteiger partial charge in [0.1, 0.15) is 0 Å². The van der Waals surface area contributed by atoms with E-state index in [0.717, 1.165) is 37.3 Å². The zero-order valence-electron chi connectivity index (χ0n) is 32.7.